The summed E-state index contributed by atoms with van der Waals surface area (Å²) in [6, 6.07) is 0. The summed E-state index contributed by atoms with van der Waals surface area (Å²) in [6.07, 6.45) is 0.965. The molecule has 0 heterocycles. The molecule has 0 radical (unpaired) electrons. The monoisotopic (exact) mass is 158 g/mol. The van der Waals surface area contributed by atoms with Crippen LogP contribution >= 0.6 is 0 Å². The summed E-state index contributed by atoms with van der Waals surface area (Å²) in [5.74, 6) is -0.195. The molecule has 0 aromatic heterocycles. The molecule has 52 valence electrons. The second-order valence-corrected chi connectivity index (χ2v) is 1.83. The van der Waals surface area contributed by atoms with Crippen LogP contribution in [0.25, 0.3) is 0 Å². The minimum absolute atomic E-state index is 0. The first-order valence-corrected chi connectivity index (χ1v) is 2.84. The van der Waals surface area contributed by atoms with Gasteiger partial charge in [0, 0.05) is 6.92 Å². The van der Waals surface area contributed by atoms with Gasteiger partial charge in [0.25, 0.3) is 0 Å². The van der Waals surface area contributed by atoms with Crippen LogP contribution in [0.5, 0.6) is 0 Å². The van der Waals surface area contributed by atoms with Gasteiger partial charge in [-0.25, -0.2) is 0 Å². The van der Waals surface area contributed by atoms with E-state index in [9.17, 15) is 4.79 Å². The van der Waals surface area contributed by atoms with Gasteiger partial charge in [0.05, 0.1) is 6.10 Å². The van der Waals surface area contributed by atoms with Crippen molar-refractivity contribution in [3.63, 3.8) is 0 Å². The molecule has 0 amide bonds. The molecular formula is C6H14CaO2. The van der Waals surface area contributed by atoms with Crippen LogP contribution in [0.4, 0.5) is 0 Å². The van der Waals surface area contributed by atoms with Crippen molar-refractivity contribution >= 4 is 43.7 Å². The topological polar surface area (TPSA) is 26.3 Å². The molecule has 0 rings (SSSR count). The van der Waals surface area contributed by atoms with Gasteiger partial charge in [-0.15, -0.1) is 0 Å². The molecule has 9 heavy (non-hydrogen) atoms. The second-order valence-electron chi connectivity index (χ2n) is 1.83. The summed E-state index contributed by atoms with van der Waals surface area (Å²) in [4.78, 5) is 10.2. The first-order valence-electron chi connectivity index (χ1n) is 2.84. The van der Waals surface area contributed by atoms with Gasteiger partial charge in [0.1, 0.15) is 0 Å². The predicted octanol–water partition coefficient (Wildman–Crippen LogP) is 0.432. The van der Waals surface area contributed by atoms with Crippen LogP contribution in [0.15, 0.2) is 0 Å². The van der Waals surface area contributed by atoms with Gasteiger partial charge in [0.2, 0.25) is 0 Å². The Morgan fingerprint density at radius 2 is 2.11 bits per heavy atom. The number of hydrogen-bond donors (Lipinski definition) is 0. The molecule has 0 aliphatic carbocycles. The Bertz CT molecular complexity index is 83.1. The summed E-state index contributed by atoms with van der Waals surface area (Å²) in [5.41, 5.74) is 0. The molecule has 0 aliphatic heterocycles. The molecular weight excluding hydrogens is 144 g/mol. The van der Waals surface area contributed by atoms with Crippen molar-refractivity contribution in [1.82, 2.24) is 0 Å². The van der Waals surface area contributed by atoms with E-state index in [1.54, 1.807) is 0 Å². The summed E-state index contributed by atoms with van der Waals surface area (Å²) >= 11 is 0. The molecule has 0 bridgehead atoms. The summed E-state index contributed by atoms with van der Waals surface area (Å²) in [7, 11) is 0. The zero-order valence-electron chi connectivity index (χ0n) is 5.60. The van der Waals surface area contributed by atoms with Crippen molar-refractivity contribution in [2.75, 3.05) is 0 Å². The molecule has 0 spiro atoms. The molecule has 0 saturated carbocycles. The fourth-order valence-corrected chi connectivity index (χ4v) is 0.367. The van der Waals surface area contributed by atoms with Crippen molar-refractivity contribution in [1.29, 1.82) is 0 Å². The van der Waals surface area contributed by atoms with E-state index in [0.717, 1.165) is 6.42 Å². The number of ether oxygens (including phenoxy) is 1. The number of esters is 1. The van der Waals surface area contributed by atoms with Crippen molar-refractivity contribution in [2.45, 2.75) is 33.3 Å². The van der Waals surface area contributed by atoms with E-state index in [-0.39, 0.29) is 49.8 Å². The normalized spacial score (nSPS) is 11.4. The fraction of sp³-hybridized carbons (Fsp3) is 0.833. The molecule has 0 saturated heterocycles. The van der Waals surface area contributed by atoms with Crippen LogP contribution in [-0.4, -0.2) is 49.8 Å². The molecule has 0 aromatic rings. The third kappa shape index (κ3) is 8.73. The average molecular weight is 158 g/mol. The number of rotatable bonds is 2. The van der Waals surface area contributed by atoms with Crippen molar-refractivity contribution in [2.24, 2.45) is 0 Å². The molecule has 0 N–H and O–H groups in total. The van der Waals surface area contributed by atoms with E-state index < -0.39 is 0 Å². The molecule has 3 heteroatoms. The third-order valence-electron chi connectivity index (χ3n) is 0.942. The van der Waals surface area contributed by atoms with Gasteiger partial charge in [-0.3, -0.25) is 4.79 Å². The fourth-order valence-electron chi connectivity index (χ4n) is 0.367. The average Bonchev–Trinajstić information content (AvgIpc) is 1.65. The standard InChI is InChI=1S/C6H12O2.Ca.2H/c1-4-5(2)8-6(3)7;;;/h5H,4H2,1-3H3;;;. The van der Waals surface area contributed by atoms with Crippen LogP contribution in [-0.2, 0) is 9.53 Å². The van der Waals surface area contributed by atoms with Gasteiger partial charge >= 0.3 is 43.7 Å². The maximum atomic E-state index is 10.2. The summed E-state index contributed by atoms with van der Waals surface area (Å²) in [6.45, 7) is 5.28. The van der Waals surface area contributed by atoms with E-state index in [2.05, 4.69) is 0 Å². The van der Waals surface area contributed by atoms with E-state index in [1.165, 1.54) is 6.92 Å². The maximum absolute atomic E-state index is 10.2. The first kappa shape index (κ1) is 12.4. The van der Waals surface area contributed by atoms with Crippen LogP contribution in [0, 0.1) is 0 Å². The van der Waals surface area contributed by atoms with E-state index in [1.807, 2.05) is 13.8 Å². The predicted molar refractivity (Wildman–Crippen MR) is 40.1 cm³/mol. The van der Waals surface area contributed by atoms with Crippen molar-refractivity contribution in [3.8, 4) is 0 Å². The Labute approximate surface area is 86.0 Å². The van der Waals surface area contributed by atoms with Gasteiger partial charge in [0.15, 0.2) is 0 Å². The molecule has 1 unspecified atom stereocenters. The molecule has 0 aromatic carbocycles. The summed E-state index contributed by atoms with van der Waals surface area (Å²) < 4.78 is 4.76. The van der Waals surface area contributed by atoms with Crippen LogP contribution < -0.4 is 0 Å². The number of carbonyl (C=O) groups excluding carboxylic acids is 1. The zero-order valence-corrected chi connectivity index (χ0v) is 5.60. The van der Waals surface area contributed by atoms with Crippen molar-refractivity contribution < 1.29 is 9.53 Å². The van der Waals surface area contributed by atoms with Gasteiger partial charge in [-0.2, -0.15) is 0 Å². The number of hydrogen-bond acceptors (Lipinski definition) is 2. The number of carbonyl (C=O) groups is 1. The van der Waals surface area contributed by atoms with Crippen molar-refractivity contribution in [3.05, 3.63) is 0 Å². The van der Waals surface area contributed by atoms with E-state index in [0.29, 0.717) is 0 Å². The second kappa shape index (κ2) is 6.84. The Morgan fingerprint density at radius 1 is 1.67 bits per heavy atom. The van der Waals surface area contributed by atoms with Crippen LogP contribution in [0.3, 0.4) is 0 Å². The van der Waals surface area contributed by atoms with Gasteiger partial charge < -0.3 is 4.74 Å². The zero-order chi connectivity index (χ0) is 6.57. The van der Waals surface area contributed by atoms with Gasteiger partial charge in [-0.1, -0.05) is 6.92 Å². The molecule has 1 atom stereocenters. The molecule has 0 fully saturated rings. The quantitative estimate of drug-likeness (QED) is 0.430. The van der Waals surface area contributed by atoms with E-state index >= 15 is 0 Å². The SMILES string of the molecule is CCC(C)OC(C)=O.[CaH2]. The Balaban J connectivity index is 0. The van der Waals surface area contributed by atoms with Crippen LogP contribution in [0.2, 0.25) is 0 Å². The Kier molecular flexibility index (Phi) is 9.44. The first-order chi connectivity index (χ1) is 3.66. The van der Waals surface area contributed by atoms with Crippen LogP contribution in [0.1, 0.15) is 27.2 Å². The molecule has 2 nitrogen and oxygen atoms in total. The molecule has 0 aliphatic rings. The Hall–Kier alpha value is 0.730. The van der Waals surface area contributed by atoms with E-state index in [4.69, 9.17) is 4.74 Å². The van der Waals surface area contributed by atoms with Gasteiger partial charge in [-0.05, 0) is 13.3 Å². The Morgan fingerprint density at radius 3 is 2.22 bits per heavy atom. The summed E-state index contributed by atoms with van der Waals surface area (Å²) in [5, 5.41) is 0. The minimum atomic E-state index is -0.195. The third-order valence-corrected chi connectivity index (χ3v) is 0.942.